The van der Waals surface area contributed by atoms with Gasteiger partial charge in [-0.25, -0.2) is 0 Å². The van der Waals surface area contributed by atoms with E-state index in [4.69, 9.17) is 11.6 Å². The number of aliphatic hydroxyl groups is 1. The lowest BCUT2D eigenvalue weighted by Gasteiger charge is -2.21. The zero-order chi connectivity index (χ0) is 12.0. The largest absolute Gasteiger partial charge is 0.374 e. The van der Waals surface area contributed by atoms with Crippen LogP contribution < -0.4 is 4.90 Å². The van der Waals surface area contributed by atoms with Gasteiger partial charge < -0.3 is 14.6 Å². The zero-order valence-corrected chi connectivity index (χ0v) is 10.5. The van der Waals surface area contributed by atoms with E-state index in [1.165, 1.54) is 0 Å². The monoisotopic (exact) mass is 250 g/mol. The molecule has 1 fully saturated rings. The van der Waals surface area contributed by atoms with Gasteiger partial charge >= 0.3 is 0 Å². The highest BCUT2D eigenvalue weighted by atomic mass is 35.5. The van der Waals surface area contributed by atoms with E-state index in [2.05, 4.69) is 15.7 Å². The molecular weight excluding hydrogens is 236 g/mol. The molecule has 0 bridgehead atoms. The number of hydrogen-bond acceptors (Lipinski definition) is 2. The van der Waals surface area contributed by atoms with Gasteiger partial charge in [0.1, 0.15) is 6.23 Å². The average Bonchev–Trinajstić information content (AvgIpc) is 2.83. The van der Waals surface area contributed by atoms with Gasteiger partial charge in [0.25, 0.3) is 0 Å². The first-order chi connectivity index (χ1) is 8.16. The van der Waals surface area contributed by atoms with Crippen LogP contribution in [0.1, 0.15) is 12.8 Å². The molecule has 0 aliphatic carbocycles. The van der Waals surface area contributed by atoms with Crippen LogP contribution in [0.15, 0.2) is 24.4 Å². The van der Waals surface area contributed by atoms with Crippen molar-refractivity contribution in [1.82, 2.24) is 4.57 Å². The van der Waals surface area contributed by atoms with Gasteiger partial charge in [-0.2, -0.15) is 0 Å². The molecule has 2 aromatic rings. The van der Waals surface area contributed by atoms with Crippen LogP contribution in [0.25, 0.3) is 10.9 Å². The molecule has 1 aliphatic heterocycles. The molecule has 0 amide bonds. The molecular formula is C13H15ClN2O. The number of rotatable bonds is 1. The number of nitrogens with zero attached hydrogens (tertiary/aromatic N) is 2. The van der Waals surface area contributed by atoms with E-state index in [1.54, 1.807) is 0 Å². The number of fused-ring (bicyclic) bond motifs is 1. The summed E-state index contributed by atoms with van der Waals surface area (Å²) in [5, 5.41) is 11.8. The Kier molecular flexibility index (Phi) is 2.53. The van der Waals surface area contributed by atoms with Crippen molar-refractivity contribution in [2.24, 2.45) is 7.05 Å². The Morgan fingerprint density at radius 3 is 2.94 bits per heavy atom. The van der Waals surface area contributed by atoms with Crippen molar-refractivity contribution >= 4 is 28.2 Å². The molecule has 1 aromatic heterocycles. The maximum Gasteiger partial charge on any atom is 0.127 e. The molecule has 3 nitrogen and oxygen atoms in total. The first kappa shape index (κ1) is 10.9. The van der Waals surface area contributed by atoms with Crippen LogP contribution in [-0.4, -0.2) is 22.4 Å². The lowest BCUT2D eigenvalue weighted by atomic mass is 10.2. The standard InChI is InChI=1S/C13H15ClN2O/c1-15-8-12(16-6-2-3-13(16)17)10-7-9(14)4-5-11(10)15/h4-5,7-8,13,17H,2-3,6H2,1H3. The molecule has 90 valence electrons. The first-order valence-electron chi connectivity index (χ1n) is 5.86. The van der Waals surface area contributed by atoms with Crippen LogP contribution in [0.2, 0.25) is 5.02 Å². The minimum absolute atomic E-state index is 0.361. The van der Waals surface area contributed by atoms with Gasteiger partial charge in [-0.05, 0) is 31.0 Å². The predicted octanol–water partition coefficient (Wildman–Crippen LogP) is 2.75. The second-order valence-electron chi connectivity index (χ2n) is 4.60. The summed E-state index contributed by atoms with van der Waals surface area (Å²) >= 11 is 6.05. The maximum absolute atomic E-state index is 9.96. The highest BCUT2D eigenvalue weighted by molar-refractivity contribution is 6.31. The Balaban J connectivity index is 2.18. The predicted molar refractivity (Wildman–Crippen MR) is 70.5 cm³/mol. The van der Waals surface area contributed by atoms with Crippen LogP contribution in [0.4, 0.5) is 5.69 Å². The van der Waals surface area contributed by atoms with Crippen LogP contribution in [0, 0.1) is 0 Å². The number of anilines is 1. The smallest absolute Gasteiger partial charge is 0.127 e. The highest BCUT2D eigenvalue weighted by Gasteiger charge is 2.24. The highest BCUT2D eigenvalue weighted by Crippen LogP contribution is 2.34. The summed E-state index contributed by atoms with van der Waals surface area (Å²) in [6.07, 6.45) is 3.59. The van der Waals surface area contributed by atoms with E-state index in [0.717, 1.165) is 41.0 Å². The van der Waals surface area contributed by atoms with Crippen molar-refractivity contribution in [3.8, 4) is 0 Å². The second-order valence-corrected chi connectivity index (χ2v) is 5.04. The Morgan fingerprint density at radius 2 is 2.24 bits per heavy atom. The molecule has 4 heteroatoms. The maximum atomic E-state index is 9.96. The lowest BCUT2D eigenvalue weighted by Crippen LogP contribution is -2.28. The fraction of sp³-hybridized carbons (Fsp3) is 0.385. The van der Waals surface area contributed by atoms with Gasteiger partial charge in [0, 0.05) is 35.7 Å². The summed E-state index contributed by atoms with van der Waals surface area (Å²) < 4.78 is 2.08. The molecule has 1 unspecified atom stereocenters. The normalized spacial score (nSPS) is 20.4. The number of aliphatic hydroxyl groups excluding tert-OH is 1. The molecule has 0 radical (unpaired) electrons. The fourth-order valence-electron chi connectivity index (χ4n) is 2.60. The third kappa shape index (κ3) is 1.70. The molecule has 1 aliphatic rings. The van der Waals surface area contributed by atoms with Crippen molar-refractivity contribution in [1.29, 1.82) is 0 Å². The van der Waals surface area contributed by atoms with Crippen molar-refractivity contribution < 1.29 is 5.11 Å². The van der Waals surface area contributed by atoms with Crippen molar-refractivity contribution in [2.45, 2.75) is 19.1 Å². The second kappa shape index (κ2) is 3.93. The number of benzene rings is 1. The third-order valence-electron chi connectivity index (χ3n) is 3.46. The molecule has 0 spiro atoms. The molecule has 0 saturated carbocycles. The number of halogens is 1. The van der Waals surface area contributed by atoms with Gasteiger partial charge in [0.2, 0.25) is 0 Å². The first-order valence-corrected chi connectivity index (χ1v) is 6.24. The van der Waals surface area contributed by atoms with E-state index in [1.807, 2.05) is 25.2 Å². The van der Waals surface area contributed by atoms with Crippen molar-refractivity contribution in [2.75, 3.05) is 11.4 Å². The molecule has 3 rings (SSSR count). The average molecular weight is 251 g/mol. The molecule has 17 heavy (non-hydrogen) atoms. The van der Waals surface area contributed by atoms with Crippen LogP contribution >= 0.6 is 11.6 Å². The number of aromatic nitrogens is 1. The quantitative estimate of drug-likeness (QED) is 0.843. The summed E-state index contributed by atoms with van der Waals surface area (Å²) in [7, 11) is 2.02. The molecule has 1 aromatic carbocycles. The van der Waals surface area contributed by atoms with Gasteiger partial charge in [-0.15, -0.1) is 0 Å². The summed E-state index contributed by atoms with van der Waals surface area (Å²) in [4.78, 5) is 2.05. The van der Waals surface area contributed by atoms with E-state index in [0.29, 0.717) is 0 Å². The fourth-order valence-corrected chi connectivity index (χ4v) is 2.77. The van der Waals surface area contributed by atoms with Crippen molar-refractivity contribution in [3.63, 3.8) is 0 Å². The molecule has 1 saturated heterocycles. The SMILES string of the molecule is Cn1cc(N2CCCC2O)c2cc(Cl)ccc21. The number of hydrogen-bond donors (Lipinski definition) is 1. The van der Waals surface area contributed by atoms with Crippen LogP contribution in [0.3, 0.4) is 0 Å². The summed E-state index contributed by atoms with van der Waals surface area (Å²) in [5.74, 6) is 0. The van der Waals surface area contributed by atoms with E-state index >= 15 is 0 Å². The topological polar surface area (TPSA) is 28.4 Å². The van der Waals surface area contributed by atoms with E-state index in [-0.39, 0.29) is 6.23 Å². The Labute approximate surface area is 105 Å². The zero-order valence-electron chi connectivity index (χ0n) is 9.73. The summed E-state index contributed by atoms with van der Waals surface area (Å²) in [6, 6.07) is 5.88. The summed E-state index contributed by atoms with van der Waals surface area (Å²) in [5.41, 5.74) is 2.22. The Morgan fingerprint density at radius 1 is 1.41 bits per heavy atom. The van der Waals surface area contributed by atoms with E-state index in [9.17, 15) is 5.11 Å². The third-order valence-corrected chi connectivity index (χ3v) is 3.70. The minimum atomic E-state index is -0.361. The Hall–Kier alpha value is -1.19. The van der Waals surface area contributed by atoms with Crippen LogP contribution in [-0.2, 0) is 7.05 Å². The Bertz CT molecular complexity index is 564. The number of aryl methyl sites for hydroxylation is 1. The van der Waals surface area contributed by atoms with Gasteiger partial charge in [-0.1, -0.05) is 11.6 Å². The van der Waals surface area contributed by atoms with E-state index < -0.39 is 0 Å². The van der Waals surface area contributed by atoms with Gasteiger partial charge in [0.05, 0.1) is 5.69 Å². The van der Waals surface area contributed by atoms with Crippen molar-refractivity contribution in [3.05, 3.63) is 29.4 Å². The van der Waals surface area contributed by atoms with Gasteiger partial charge in [-0.3, -0.25) is 0 Å². The summed E-state index contributed by atoms with van der Waals surface area (Å²) in [6.45, 7) is 0.910. The lowest BCUT2D eigenvalue weighted by molar-refractivity contribution is 0.186. The van der Waals surface area contributed by atoms with Crippen LogP contribution in [0.5, 0.6) is 0 Å². The minimum Gasteiger partial charge on any atom is -0.374 e. The molecule has 1 N–H and O–H groups in total. The molecule has 1 atom stereocenters. The van der Waals surface area contributed by atoms with Gasteiger partial charge in [0.15, 0.2) is 0 Å². The molecule has 2 heterocycles.